The van der Waals surface area contributed by atoms with E-state index in [9.17, 15) is 8.42 Å². The fourth-order valence-corrected chi connectivity index (χ4v) is 3.45. The lowest BCUT2D eigenvalue weighted by Gasteiger charge is -2.07. The smallest absolute Gasteiger partial charge is 0.240 e. The third kappa shape index (κ3) is 3.78. The van der Waals surface area contributed by atoms with Crippen LogP contribution in [0.25, 0.3) is 0 Å². The molecule has 0 fully saturated rings. The number of rotatable bonds is 6. The van der Waals surface area contributed by atoms with Crippen LogP contribution in [0.1, 0.15) is 16.8 Å². The van der Waals surface area contributed by atoms with Gasteiger partial charge in [-0.3, -0.25) is 0 Å². The number of thiazole rings is 1. The van der Waals surface area contributed by atoms with Gasteiger partial charge in [0, 0.05) is 23.3 Å². The summed E-state index contributed by atoms with van der Waals surface area (Å²) in [6, 6.07) is 6.69. The summed E-state index contributed by atoms with van der Waals surface area (Å²) in [6.45, 7) is 4.79. The van der Waals surface area contributed by atoms with Crippen molar-refractivity contribution >= 4 is 27.0 Å². The minimum absolute atomic E-state index is 0.273. The van der Waals surface area contributed by atoms with E-state index in [-0.39, 0.29) is 4.90 Å². The number of hydrogen-bond donors (Lipinski definition) is 2. The zero-order valence-electron chi connectivity index (χ0n) is 11.4. The molecule has 0 atom stereocenters. The fraction of sp³-hybridized carbons (Fsp3) is 0.308. The number of aryl methyl sites for hydroxylation is 1. The van der Waals surface area contributed by atoms with Crippen LogP contribution in [0.15, 0.2) is 35.4 Å². The van der Waals surface area contributed by atoms with Crippen molar-refractivity contribution in [2.75, 3.05) is 11.9 Å². The molecular formula is C13H17N3O2S2. The Labute approximate surface area is 123 Å². The van der Waals surface area contributed by atoms with Crippen LogP contribution >= 0.6 is 11.3 Å². The van der Waals surface area contributed by atoms with Crippen molar-refractivity contribution in [3.63, 3.8) is 0 Å². The van der Waals surface area contributed by atoms with E-state index in [1.807, 2.05) is 13.1 Å². The molecule has 0 saturated carbocycles. The Bertz CT molecular complexity index is 663. The predicted octanol–water partition coefficient (Wildman–Crippen LogP) is 2.36. The van der Waals surface area contributed by atoms with Crippen molar-refractivity contribution in [1.82, 2.24) is 9.71 Å². The van der Waals surface area contributed by atoms with Gasteiger partial charge in [-0.2, -0.15) is 0 Å². The molecule has 0 bridgehead atoms. The summed E-state index contributed by atoms with van der Waals surface area (Å²) in [6.07, 6.45) is 1.84. The lowest BCUT2D eigenvalue weighted by atomic mass is 10.3. The molecule has 2 N–H and O–H groups in total. The SMILES string of the molecule is CCNS(=O)(=O)c1ccc(NCc2ncc(C)s2)cc1. The van der Waals surface area contributed by atoms with Crippen molar-refractivity contribution < 1.29 is 8.42 Å². The van der Waals surface area contributed by atoms with E-state index in [0.717, 1.165) is 10.7 Å². The number of nitrogens with one attached hydrogen (secondary N) is 2. The van der Waals surface area contributed by atoms with Gasteiger partial charge < -0.3 is 5.32 Å². The highest BCUT2D eigenvalue weighted by Gasteiger charge is 2.11. The Morgan fingerprint density at radius 1 is 1.25 bits per heavy atom. The molecule has 7 heteroatoms. The lowest BCUT2D eigenvalue weighted by Crippen LogP contribution is -2.23. The third-order valence-electron chi connectivity index (χ3n) is 2.61. The summed E-state index contributed by atoms with van der Waals surface area (Å²) in [5.41, 5.74) is 0.869. The third-order valence-corrected chi connectivity index (χ3v) is 5.09. The summed E-state index contributed by atoms with van der Waals surface area (Å²) in [4.78, 5) is 5.71. The molecule has 0 aliphatic rings. The highest BCUT2D eigenvalue weighted by Crippen LogP contribution is 2.16. The summed E-state index contributed by atoms with van der Waals surface area (Å²) in [5, 5.41) is 4.22. The molecule has 1 aromatic carbocycles. The molecule has 0 amide bonds. The number of aromatic nitrogens is 1. The number of hydrogen-bond acceptors (Lipinski definition) is 5. The second kappa shape index (κ2) is 6.34. The zero-order valence-corrected chi connectivity index (χ0v) is 13.0. The van der Waals surface area contributed by atoms with Crippen molar-refractivity contribution in [3.05, 3.63) is 40.3 Å². The zero-order chi connectivity index (χ0) is 14.6. The van der Waals surface area contributed by atoms with E-state index in [2.05, 4.69) is 15.0 Å². The van der Waals surface area contributed by atoms with Crippen LogP contribution in [0.4, 0.5) is 5.69 Å². The van der Waals surface area contributed by atoms with Crippen LogP contribution in [0.2, 0.25) is 0 Å². The normalized spacial score (nSPS) is 11.5. The first kappa shape index (κ1) is 15.0. The first-order valence-electron chi connectivity index (χ1n) is 6.26. The van der Waals surface area contributed by atoms with Gasteiger partial charge in [-0.1, -0.05) is 6.92 Å². The maximum atomic E-state index is 11.8. The average Bonchev–Trinajstić information content (AvgIpc) is 2.83. The van der Waals surface area contributed by atoms with Crippen LogP contribution in [0.3, 0.4) is 0 Å². The van der Waals surface area contributed by atoms with Crippen molar-refractivity contribution in [2.45, 2.75) is 25.3 Å². The minimum atomic E-state index is -3.38. The Morgan fingerprint density at radius 2 is 1.95 bits per heavy atom. The van der Waals surface area contributed by atoms with E-state index in [1.54, 1.807) is 42.5 Å². The Balaban J connectivity index is 2.01. The van der Waals surface area contributed by atoms with Crippen LogP contribution in [0, 0.1) is 6.92 Å². The number of nitrogens with zero attached hydrogens (tertiary/aromatic N) is 1. The molecule has 20 heavy (non-hydrogen) atoms. The minimum Gasteiger partial charge on any atom is -0.379 e. The van der Waals surface area contributed by atoms with Gasteiger partial charge in [0.2, 0.25) is 10.0 Å². The quantitative estimate of drug-likeness (QED) is 0.859. The summed E-state index contributed by atoms with van der Waals surface area (Å²) >= 11 is 1.64. The Morgan fingerprint density at radius 3 is 2.50 bits per heavy atom. The van der Waals surface area contributed by atoms with Crippen LogP contribution in [-0.4, -0.2) is 19.9 Å². The van der Waals surface area contributed by atoms with Gasteiger partial charge in [0.05, 0.1) is 11.4 Å². The molecule has 5 nitrogen and oxygen atoms in total. The highest BCUT2D eigenvalue weighted by atomic mass is 32.2. The highest BCUT2D eigenvalue weighted by molar-refractivity contribution is 7.89. The molecule has 0 aliphatic heterocycles. The van der Waals surface area contributed by atoms with Crippen LogP contribution in [-0.2, 0) is 16.6 Å². The lowest BCUT2D eigenvalue weighted by molar-refractivity contribution is 0.584. The van der Waals surface area contributed by atoms with Gasteiger partial charge in [-0.25, -0.2) is 18.1 Å². The first-order chi connectivity index (χ1) is 9.51. The summed E-state index contributed by atoms with van der Waals surface area (Å²) in [5.74, 6) is 0. The Kier molecular flexibility index (Phi) is 4.74. The summed E-state index contributed by atoms with van der Waals surface area (Å²) < 4.78 is 26.0. The van der Waals surface area contributed by atoms with Crippen LogP contribution < -0.4 is 10.0 Å². The molecule has 0 aliphatic carbocycles. The van der Waals surface area contributed by atoms with E-state index in [0.29, 0.717) is 13.1 Å². The second-order valence-electron chi connectivity index (χ2n) is 4.24. The molecule has 0 spiro atoms. The number of anilines is 1. The molecule has 0 unspecified atom stereocenters. The van der Waals surface area contributed by atoms with Gasteiger partial charge in [0.25, 0.3) is 0 Å². The first-order valence-corrected chi connectivity index (χ1v) is 8.56. The van der Waals surface area contributed by atoms with E-state index in [4.69, 9.17) is 0 Å². The van der Waals surface area contributed by atoms with Crippen molar-refractivity contribution in [2.24, 2.45) is 0 Å². The second-order valence-corrected chi connectivity index (χ2v) is 7.33. The topological polar surface area (TPSA) is 71.1 Å². The predicted molar refractivity (Wildman–Crippen MR) is 81.5 cm³/mol. The molecule has 1 aromatic heterocycles. The van der Waals surface area contributed by atoms with Gasteiger partial charge in [0.15, 0.2) is 0 Å². The van der Waals surface area contributed by atoms with E-state index >= 15 is 0 Å². The molecule has 2 rings (SSSR count). The monoisotopic (exact) mass is 311 g/mol. The maximum Gasteiger partial charge on any atom is 0.240 e. The maximum absolute atomic E-state index is 11.8. The van der Waals surface area contributed by atoms with Crippen molar-refractivity contribution in [3.8, 4) is 0 Å². The molecule has 0 radical (unpaired) electrons. The van der Waals surface area contributed by atoms with Gasteiger partial charge in [0.1, 0.15) is 5.01 Å². The Hall–Kier alpha value is -1.44. The standard InChI is InChI=1S/C13H17N3O2S2/c1-3-16-20(17,18)12-6-4-11(5-7-12)14-9-13-15-8-10(2)19-13/h4-8,14,16H,3,9H2,1-2H3. The number of benzene rings is 1. The summed E-state index contributed by atoms with van der Waals surface area (Å²) in [7, 11) is -3.38. The molecule has 1 heterocycles. The van der Waals surface area contributed by atoms with Gasteiger partial charge >= 0.3 is 0 Å². The number of sulfonamides is 1. The van der Waals surface area contributed by atoms with Crippen molar-refractivity contribution in [1.29, 1.82) is 0 Å². The molecular weight excluding hydrogens is 294 g/mol. The van der Waals surface area contributed by atoms with Crippen LogP contribution in [0.5, 0.6) is 0 Å². The largest absolute Gasteiger partial charge is 0.379 e. The average molecular weight is 311 g/mol. The van der Waals surface area contributed by atoms with E-state index in [1.165, 1.54) is 4.88 Å². The van der Waals surface area contributed by atoms with E-state index < -0.39 is 10.0 Å². The molecule has 108 valence electrons. The van der Waals surface area contributed by atoms with Gasteiger partial charge in [-0.05, 0) is 31.2 Å². The van der Waals surface area contributed by atoms with Gasteiger partial charge in [-0.15, -0.1) is 11.3 Å². The molecule has 2 aromatic rings. The molecule has 0 saturated heterocycles. The fourth-order valence-electron chi connectivity index (χ4n) is 1.69.